The SMILES string of the molecule is CN(C)CCCn1cc(C(=O)NN)nn1. The van der Waals surface area contributed by atoms with Crippen molar-refractivity contribution < 1.29 is 4.79 Å². The van der Waals surface area contributed by atoms with Crippen molar-refractivity contribution in [1.29, 1.82) is 0 Å². The summed E-state index contributed by atoms with van der Waals surface area (Å²) in [5, 5.41) is 7.51. The van der Waals surface area contributed by atoms with Gasteiger partial charge in [0, 0.05) is 6.54 Å². The van der Waals surface area contributed by atoms with Gasteiger partial charge >= 0.3 is 0 Å². The molecular weight excluding hydrogens is 196 g/mol. The number of nitrogen functional groups attached to an aromatic ring is 1. The van der Waals surface area contributed by atoms with Crippen LogP contribution in [0.1, 0.15) is 16.9 Å². The minimum absolute atomic E-state index is 0.238. The van der Waals surface area contributed by atoms with E-state index < -0.39 is 5.91 Å². The van der Waals surface area contributed by atoms with Gasteiger partial charge in [0.15, 0.2) is 5.69 Å². The van der Waals surface area contributed by atoms with Crippen molar-refractivity contribution in [3.05, 3.63) is 11.9 Å². The number of rotatable bonds is 5. The number of aromatic nitrogens is 3. The summed E-state index contributed by atoms with van der Waals surface area (Å²) in [6, 6.07) is 0. The van der Waals surface area contributed by atoms with Gasteiger partial charge in [-0.3, -0.25) is 14.9 Å². The molecule has 0 aliphatic rings. The van der Waals surface area contributed by atoms with Crippen LogP contribution >= 0.6 is 0 Å². The molecule has 1 aromatic heterocycles. The summed E-state index contributed by atoms with van der Waals surface area (Å²) >= 11 is 0. The second-order valence-electron chi connectivity index (χ2n) is 3.50. The van der Waals surface area contributed by atoms with Crippen molar-refractivity contribution in [2.24, 2.45) is 5.84 Å². The zero-order chi connectivity index (χ0) is 11.3. The highest BCUT2D eigenvalue weighted by molar-refractivity contribution is 5.91. The summed E-state index contributed by atoms with van der Waals surface area (Å²) in [5.74, 6) is 4.55. The first-order valence-electron chi connectivity index (χ1n) is 4.69. The fraction of sp³-hybridized carbons (Fsp3) is 0.625. The largest absolute Gasteiger partial charge is 0.309 e. The van der Waals surface area contributed by atoms with Crippen LogP contribution in [0.5, 0.6) is 0 Å². The number of hydrogen-bond donors (Lipinski definition) is 2. The van der Waals surface area contributed by atoms with E-state index in [0.29, 0.717) is 0 Å². The molecule has 0 aromatic carbocycles. The van der Waals surface area contributed by atoms with Gasteiger partial charge in [-0.15, -0.1) is 5.10 Å². The van der Waals surface area contributed by atoms with Crippen molar-refractivity contribution >= 4 is 5.91 Å². The average Bonchev–Trinajstić information content (AvgIpc) is 2.65. The zero-order valence-corrected chi connectivity index (χ0v) is 8.97. The maximum Gasteiger partial charge on any atom is 0.287 e. The van der Waals surface area contributed by atoms with Crippen LogP contribution in [0.2, 0.25) is 0 Å². The number of nitrogens with two attached hydrogens (primary N) is 1. The molecule has 0 atom stereocenters. The first-order chi connectivity index (χ1) is 7.13. The van der Waals surface area contributed by atoms with Gasteiger partial charge in [-0.2, -0.15) is 0 Å². The van der Waals surface area contributed by atoms with Crippen molar-refractivity contribution in [1.82, 2.24) is 25.3 Å². The third-order valence-corrected chi connectivity index (χ3v) is 1.89. The monoisotopic (exact) mass is 212 g/mol. The van der Waals surface area contributed by atoms with Crippen molar-refractivity contribution in [3.8, 4) is 0 Å². The van der Waals surface area contributed by atoms with Crippen molar-refractivity contribution in [2.75, 3.05) is 20.6 Å². The van der Waals surface area contributed by atoms with E-state index >= 15 is 0 Å². The Labute approximate surface area is 88.2 Å². The molecule has 0 saturated heterocycles. The van der Waals surface area contributed by atoms with Gasteiger partial charge < -0.3 is 4.90 Å². The Kier molecular flexibility index (Phi) is 4.19. The van der Waals surface area contributed by atoms with E-state index in [9.17, 15) is 4.79 Å². The molecule has 7 nitrogen and oxygen atoms in total. The Balaban J connectivity index is 2.43. The molecule has 0 radical (unpaired) electrons. The second kappa shape index (κ2) is 5.42. The van der Waals surface area contributed by atoms with Crippen LogP contribution in [0.15, 0.2) is 6.20 Å². The van der Waals surface area contributed by atoms with Gasteiger partial charge in [-0.05, 0) is 27.1 Å². The highest BCUT2D eigenvalue weighted by atomic mass is 16.2. The summed E-state index contributed by atoms with van der Waals surface area (Å²) in [5.41, 5.74) is 2.24. The molecule has 15 heavy (non-hydrogen) atoms. The van der Waals surface area contributed by atoms with Crippen LogP contribution in [-0.2, 0) is 6.54 Å². The lowest BCUT2D eigenvalue weighted by Crippen LogP contribution is -2.30. The van der Waals surface area contributed by atoms with E-state index in [1.807, 2.05) is 19.5 Å². The van der Waals surface area contributed by atoms with Crippen LogP contribution in [0, 0.1) is 0 Å². The first kappa shape index (κ1) is 11.6. The number of hydrazine groups is 1. The number of aryl methyl sites for hydroxylation is 1. The average molecular weight is 212 g/mol. The highest BCUT2D eigenvalue weighted by Gasteiger charge is 2.08. The number of carbonyl (C=O) groups is 1. The molecule has 0 fully saturated rings. The number of nitrogens with zero attached hydrogens (tertiary/aromatic N) is 4. The minimum atomic E-state index is -0.422. The molecule has 0 bridgehead atoms. The third-order valence-electron chi connectivity index (χ3n) is 1.89. The minimum Gasteiger partial charge on any atom is -0.309 e. The van der Waals surface area contributed by atoms with Gasteiger partial charge in [-0.25, -0.2) is 5.84 Å². The highest BCUT2D eigenvalue weighted by Crippen LogP contribution is 1.94. The second-order valence-corrected chi connectivity index (χ2v) is 3.50. The maximum absolute atomic E-state index is 11.0. The number of nitrogens with one attached hydrogen (secondary N) is 1. The molecule has 0 spiro atoms. The van der Waals surface area contributed by atoms with Crippen LogP contribution in [0.4, 0.5) is 0 Å². The summed E-state index contributed by atoms with van der Waals surface area (Å²) in [6.07, 6.45) is 2.54. The van der Waals surface area contributed by atoms with Crippen molar-refractivity contribution in [2.45, 2.75) is 13.0 Å². The van der Waals surface area contributed by atoms with Crippen LogP contribution in [-0.4, -0.2) is 46.4 Å². The maximum atomic E-state index is 11.0. The Morgan fingerprint density at radius 1 is 1.67 bits per heavy atom. The Morgan fingerprint density at radius 2 is 2.40 bits per heavy atom. The summed E-state index contributed by atoms with van der Waals surface area (Å²) in [4.78, 5) is 13.1. The van der Waals surface area contributed by atoms with Crippen molar-refractivity contribution in [3.63, 3.8) is 0 Å². The Morgan fingerprint density at radius 3 is 3.00 bits per heavy atom. The van der Waals surface area contributed by atoms with Crippen LogP contribution in [0.3, 0.4) is 0 Å². The van der Waals surface area contributed by atoms with E-state index in [1.54, 1.807) is 10.9 Å². The molecule has 84 valence electrons. The van der Waals surface area contributed by atoms with E-state index in [1.165, 1.54) is 0 Å². The molecular formula is C8H16N6O. The standard InChI is InChI=1S/C8H16N6O/c1-13(2)4-3-5-14-6-7(11-12-14)8(15)10-9/h6H,3-5,9H2,1-2H3,(H,10,15). The number of amides is 1. The molecule has 0 aliphatic heterocycles. The van der Waals surface area contributed by atoms with Crippen LogP contribution < -0.4 is 11.3 Å². The van der Waals surface area contributed by atoms with E-state index in [0.717, 1.165) is 19.5 Å². The van der Waals surface area contributed by atoms with Gasteiger partial charge in [0.25, 0.3) is 5.91 Å². The topological polar surface area (TPSA) is 89.1 Å². The Hall–Kier alpha value is -1.47. The predicted octanol–water partition coefficient (Wildman–Crippen LogP) is -1.17. The lowest BCUT2D eigenvalue weighted by molar-refractivity contribution is 0.0948. The predicted molar refractivity (Wildman–Crippen MR) is 54.8 cm³/mol. The molecule has 1 amide bonds. The van der Waals surface area contributed by atoms with E-state index in [4.69, 9.17) is 5.84 Å². The zero-order valence-electron chi connectivity index (χ0n) is 8.97. The summed E-state index contributed by atoms with van der Waals surface area (Å²) in [7, 11) is 4.02. The van der Waals surface area contributed by atoms with Crippen LogP contribution in [0.25, 0.3) is 0 Å². The molecule has 1 heterocycles. The Bertz CT molecular complexity index is 321. The molecule has 3 N–H and O–H groups in total. The molecule has 0 aliphatic carbocycles. The first-order valence-corrected chi connectivity index (χ1v) is 4.69. The number of carbonyl (C=O) groups excluding carboxylic acids is 1. The quantitative estimate of drug-likeness (QED) is 0.365. The lowest BCUT2D eigenvalue weighted by atomic mass is 10.4. The number of hydrogen-bond acceptors (Lipinski definition) is 5. The molecule has 0 unspecified atom stereocenters. The molecule has 0 saturated carbocycles. The van der Waals surface area contributed by atoms with Gasteiger partial charge in [-0.1, -0.05) is 5.21 Å². The molecule has 7 heteroatoms. The fourth-order valence-corrected chi connectivity index (χ4v) is 1.13. The smallest absolute Gasteiger partial charge is 0.287 e. The van der Waals surface area contributed by atoms with E-state index in [2.05, 4.69) is 15.2 Å². The van der Waals surface area contributed by atoms with Gasteiger partial charge in [0.1, 0.15) is 0 Å². The summed E-state index contributed by atoms with van der Waals surface area (Å²) < 4.78 is 1.63. The lowest BCUT2D eigenvalue weighted by Gasteiger charge is -2.07. The normalized spacial score (nSPS) is 10.7. The fourth-order valence-electron chi connectivity index (χ4n) is 1.13. The molecule has 1 aromatic rings. The van der Waals surface area contributed by atoms with Gasteiger partial charge in [0.2, 0.25) is 0 Å². The van der Waals surface area contributed by atoms with E-state index in [-0.39, 0.29) is 5.69 Å². The summed E-state index contributed by atoms with van der Waals surface area (Å²) in [6.45, 7) is 1.71. The molecule has 1 rings (SSSR count). The third kappa shape index (κ3) is 3.64. The van der Waals surface area contributed by atoms with Gasteiger partial charge in [0.05, 0.1) is 6.20 Å².